The Balaban J connectivity index is 2.10. The van der Waals surface area contributed by atoms with Crippen molar-refractivity contribution in [2.45, 2.75) is 26.4 Å². The number of rotatable bonds is 4. The normalized spacial score (nSPS) is 10.9. The Morgan fingerprint density at radius 3 is 2.95 bits per heavy atom. The van der Waals surface area contributed by atoms with Gasteiger partial charge in [-0.3, -0.25) is 9.89 Å². The zero-order valence-electron chi connectivity index (χ0n) is 10.8. The topological polar surface area (TPSA) is 88.7 Å². The highest BCUT2D eigenvalue weighted by Crippen LogP contribution is 2.19. The van der Waals surface area contributed by atoms with Gasteiger partial charge in [0.2, 0.25) is 0 Å². The van der Waals surface area contributed by atoms with Gasteiger partial charge in [-0.15, -0.1) is 0 Å². The molecule has 0 spiro atoms. The largest absolute Gasteiger partial charge is 0.384 e. The quantitative estimate of drug-likeness (QED) is 0.803. The van der Waals surface area contributed by atoms with Crippen LogP contribution in [-0.4, -0.2) is 20.7 Å². The molecule has 1 amide bonds. The maximum absolute atomic E-state index is 12.2. The molecular weight excluding hydrogens is 310 g/mol. The number of carbonyl (C=O) groups is 1. The molecule has 0 fully saturated rings. The average Bonchev–Trinajstić information content (AvgIpc) is 2.92. The number of hydrogen-bond donors (Lipinski definition) is 3. The summed E-state index contributed by atoms with van der Waals surface area (Å²) in [6.07, 6.45) is 3.50. The van der Waals surface area contributed by atoms with E-state index in [0.29, 0.717) is 18.1 Å². The molecule has 0 bridgehead atoms. The molecule has 0 saturated heterocycles. The van der Waals surface area contributed by atoms with Crippen LogP contribution in [0.1, 0.15) is 35.9 Å². The lowest BCUT2D eigenvalue weighted by atomic mass is 10.3. The first-order valence-electron chi connectivity index (χ1n) is 5.92. The van der Waals surface area contributed by atoms with E-state index in [1.165, 1.54) is 0 Å². The summed E-state index contributed by atoms with van der Waals surface area (Å²) in [5.41, 5.74) is 7.05. The molecule has 0 aliphatic heterocycles. The van der Waals surface area contributed by atoms with Gasteiger partial charge in [0.05, 0.1) is 6.20 Å². The molecule has 0 unspecified atom stereocenters. The molecule has 2 aromatic rings. The first-order valence-corrected chi connectivity index (χ1v) is 6.71. The third-order valence-corrected chi connectivity index (χ3v) is 3.23. The molecule has 2 heterocycles. The fraction of sp³-hybridized carbons (Fsp3) is 0.333. The Kier molecular flexibility index (Phi) is 3.94. The van der Waals surface area contributed by atoms with E-state index in [1.54, 1.807) is 12.3 Å². The Labute approximate surface area is 119 Å². The van der Waals surface area contributed by atoms with Gasteiger partial charge >= 0.3 is 0 Å². The maximum atomic E-state index is 12.2. The van der Waals surface area contributed by atoms with E-state index < -0.39 is 0 Å². The van der Waals surface area contributed by atoms with E-state index in [-0.39, 0.29) is 11.9 Å². The average molecular weight is 326 g/mol. The Bertz CT molecular complexity index is 587. The van der Waals surface area contributed by atoms with Crippen LogP contribution in [0.2, 0.25) is 0 Å². The summed E-state index contributed by atoms with van der Waals surface area (Å²) < 4.78 is 2.80. The predicted octanol–water partition coefficient (Wildman–Crippen LogP) is 2.07. The van der Waals surface area contributed by atoms with Crippen LogP contribution < -0.4 is 11.1 Å². The van der Waals surface area contributed by atoms with Crippen LogP contribution in [0.15, 0.2) is 22.9 Å². The van der Waals surface area contributed by atoms with Crippen molar-refractivity contribution in [1.82, 2.24) is 20.1 Å². The fourth-order valence-electron chi connectivity index (χ4n) is 1.78. The molecule has 0 atom stereocenters. The first-order chi connectivity index (χ1) is 8.99. The lowest BCUT2D eigenvalue weighted by Crippen LogP contribution is -2.26. The van der Waals surface area contributed by atoms with Gasteiger partial charge < -0.3 is 15.6 Å². The van der Waals surface area contributed by atoms with Crippen molar-refractivity contribution in [3.8, 4) is 0 Å². The minimum atomic E-state index is -0.139. The second kappa shape index (κ2) is 5.48. The van der Waals surface area contributed by atoms with Crippen LogP contribution in [-0.2, 0) is 6.54 Å². The van der Waals surface area contributed by atoms with Gasteiger partial charge in [-0.2, -0.15) is 5.10 Å². The smallest absolute Gasteiger partial charge is 0.268 e. The van der Waals surface area contributed by atoms with E-state index in [0.717, 1.165) is 10.0 Å². The molecular formula is C12H16BrN5O. The standard InChI is InChI=1S/C12H16BrN5O/c1-7(2)18-6-9(13)3-10(18)12(19)15-4-8-5-16-17-11(8)14/h3,5-7H,4H2,1-2H3,(H,15,19)(H3,14,16,17). The van der Waals surface area contributed by atoms with Crippen molar-refractivity contribution in [3.05, 3.63) is 34.2 Å². The van der Waals surface area contributed by atoms with E-state index in [9.17, 15) is 4.79 Å². The summed E-state index contributed by atoms with van der Waals surface area (Å²) >= 11 is 3.39. The van der Waals surface area contributed by atoms with E-state index in [1.807, 2.05) is 24.6 Å². The monoisotopic (exact) mass is 325 g/mol. The third-order valence-electron chi connectivity index (χ3n) is 2.79. The number of nitrogens with zero attached hydrogens (tertiary/aromatic N) is 2. The molecule has 2 aromatic heterocycles. The summed E-state index contributed by atoms with van der Waals surface area (Å²) in [5.74, 6) is 0.334. The maximum Gasteiger partial charge on any atom is 0.268 e. The highest BCUT2D eigenvalue weighted by atomic mass is 79.9. The van der Waals surface area contributed by atoms with Gasteiger partial charge in [-0.05, 0) is 35.8 Å². The second-order valence-electron chi connectivity index (χ2n) is 4.54. The molecule has 19 heavy (non-hydrogen) atoms. The number of carbonyl (C=O) groups excluding carboxylic acids is 1. The number of aromatic amines is 1. The number of hydrogen-bond acceptors (Lipinski definition) is 3. The zero-order valence-corrected chi connectivity index (χ0v) is 12.4. The number of nitrogens with one attached hydrogen (secondary N) is 2. The summed E-state index contributed by atoms with van der Waals surface area (Å²) in [6, 6.07) is 2.01. The number of nitrogen functional groups attached to an aromatic ring is 1. The van der Waals surface area contributed by atoms with Crippen LogP contribution in [0.5, 0.6) is 0 Å². The van der Waals surface area contributed by atoms with Gasteiger partial charge in [0, 0.05) is 28.8 Å². The number of H-pyrrole nitrogens is 1. The van der Waals surface area contributed by atoms with Gasteiger partial charge in [-0.1, -0.05) is 0 Å². The molecule has 0 aromatic carbocycles. The summed E-state index contributed by atoms with van der Waals surface area (Å²) in [4.78, 5) is 12.2. The van der Waals surface area contributed by atoms with Crippen molar-refractivity contribution in [3.63, 3.8) is 0 Å². The number of halogens is 1. The molecule has 6 nitrogen and oxygen atoms in total. The van der Waals surface area contributed by atoms with Crippen molar-refractivity contribution in [1.29, 1.82) is 0 Å². The number of aromatic nitrogens is 3. The van der Waals surface area contributed by atoms with Crippen LogP contribution in [0.3, 0.4) is 0 Å². The molecule has 0 aliphatic carbocycles. The highest BCUT2D eigenvalue weighted by Gasteiger charge is 2.15. The second-order valence-corrected chi connectivity index (χ2v) is 5.45. The Hall–Kier alpha value is -1.76. The minimum Gasteiger partial charge on any atom is -0.384 e. The SMILES string of the molecule is CC(C)n1cc(Br)cc1C(=O)NCc1cn[nH]c1N. The van der Waals surface area contributed by atoms with Gasteiger partial charge in [0.15, 0.2) is 0 Å². The van der Waals surface area contributed by atoms with Crippen LogP contribution in [0, 0.1) is 0 Å². The van der Waals surface area contributed by atoms with Crippen molar-refractivity contribution in [2.75, 3.05) is 5.73 Å². The molecule has 2 rings (SSSR count). The minimum absolute atomic E-state index is 0.139. The van der Waals surface area contributed by atoms with Crippen LogP contribution in [0.25, 0.3) is 0 Å². The van der Waals surface area contributed by atoms with Gasteiger partial charge in [-0.25, -0.2) is 0 Å². The molecule has 4 N–H and O–H groups in total. The summed E-state index contributed by atoms with van der Waals surface area (Å²) in [5, 5.41) is 9.27. The lowest BCUT2D eigenvalue weighted by Gasteiger charge is -2.12. The van der Waals surface area contributed by atoms with E-state index in [2.05, 4.69) is 31.4 Å². The highest BCUT2D eigenvalue weighted by molar-refractivity contribution is 9.10. The summed E-state index contributed by atoms with van der Waals surface area (Å²) in [6.45, 7) is 4.40. The molecule has 0 radical (unpaired) electrons. The lowest BCUT2D eigenvalue weighted by molar-refractivity contribution is 0.0940. The molecule has 0 saturated carbocycles. The van der Waals surface area contributed by atoms with Gasteiger partial charge in [0.1, 0.15) is 11.5 Å². The van der Waals surface area contributed by atoms with Crippen molar-refractivity contribution >= 4 is 27.7 Å². The van der Waals surface area contributed by atoms with Crippen molar-refractivity contribution < 1.29 is 4.79 Å². The Morgan fingerprint density at radius 2 is 2.37 bits per heavy atom. The predicted molar refractivity (Wildman–Crippen MR) is 76.7 cm³/mol. The van der Waals surface area contributed by atoms with E-state index in [4.69, 9.17) is 5.73 Å². The fourth-order valence-corrected chi connectivity index (χ4v) is 2.22. The first kappa shape index (κ1) is 13.7. The number of anilines is 1. The van der Waals surface area contributed by atoms with Gasteiger partial charge in [0.25, 0.3) is 5.91 Å². The Morgan fingerprint density at radius 1 is 1.63 bits per heavy atom. The summed E-state index contributed by atoms with van der Waals surface area (Å²) in [7, 11) is 0. The third kappa shape index (κ3) is 2.98. The number of nitrogens with two attached hydrogens (primary N) is 1. The zero-order chi connectivity index (χ0) is 14.0. The number of amides is 1. The van der Waals surface area contributed by atoms with Crippen molar-refractivity contribution in [2.24, 2.45) is 0 Å². The molecule has 7 heteroatoms. The van der Waals surface area contributed by atoms with E-state index >= 15 is 0 Å². The van der Waals surface area contributed by atoms with Crippen LogP contribution >= 0.6 is 15.9 Å². The molecule has 0 aliphatic rings. The van der Waals surface area contributed by atoms with Crippen LogP contribution in [0.4, 0.5) is 5.82 Å². The molecule has 102 valence electrons.